The number of hydrogen-bond acceptors (Lipinski definition) is 5. The van der Waals surface area contributed by atoms with Gasteiger partial charge in [0.15, 0.2) is 5.43 Å². The molecule has 2 amide bonds. The average Bonchev–Trinajstić information content (AvgIpc) is 2.83. The van der Waals surface area contributed by atoms with Crippen LogP contribution in [0.25, 0.3) is 11.1 Å². The normalized spacial score (nSPS) is 10.5. The van der Waals surface area contributed by atoms with E-state index in [2.05, 4.69) is 15.6 Å². The summed E-state index contributed by atoms with van der Waals surface area (Å²) in [5.74, 6) is -1.11. The number of hydrogen-bond donors (Lipinski definition) is 3. The number of rotatable bonds is 5. The van der Waals surface area contributed by atoms with Crippen LogP contribution in [0.15, 0.2) is 84.0 Å². The van der Waals surface area contributed by atoms with Gasteiger partial charge in [-0.15, -0.1) is 0 Å². The number of aryl methyl sites for hydroxylation is 1. The molecule has 4 aromatic rings. The van der Waals surface area contributed by atoms with Gasteiger partial charge < -0.3 is 20.3 Å². The van der Waals surface area contributed by atoms with Gasteiger partial charge in [-0.1, -0.05) is 29.8 Å². The minimum Gasteiger partial charge on any atom is -0.506 e. The predicted octanol–water partition coefficient (Wildman–Crippen LogP) is 4.31. The molecule has 170 valence electrons. The Morgan fingerprint density at radius 2 is 1.74 bits per heavy atom. The second-order valence-electron chi connectivity index (χ2n) is 7.44. The van der Waals surface area contributed by atoms with Gasteiger partial charge in [-0.3, -0.25) is 14.4 Å². The Hall–Kier alpha value is -4.43. The fourth-order valence-electron chi connectivity index (χ4n) is 3.28. The van der Waals surface area contributed by atoms with E-state index >= 15 is 0 Å². The number of phenolic OH excluding ortho intramolecular Hbond substituents is 1. The molecular formula is C25H19ClN4O4. The summed E-state index contributed by atoms with van der Waals surface area (Å²) in [6.45, 7) is 0. The molecule has 0 saturated heterocycles. The third-order valence-electron chi connectivity index (χ3n) is 5.01. The molecule has 34 heavy (non-hydrogen) atoms. The molecule has 0 unspecified atom stereocenters. The zero-order valence-electron chi connectivity index (χ0n) is 17.9. The maximum Gasteiger partial charge on any atom is 0.259 e. The maximum atomic E-state index is 12.9. The first-order valence-electron chi connectivity index (χ1n) is 10.1. The molecule has 9 heteroatoms. The lowest BCUT2D eigenvalue weighted by Crippen LogP contribution is -2.19. The van der Waals surface area contributed by atoms with Crippen molar-refractivity contribution in [3.63, 3.8) is 0 Å². The van der Waals surface area contributed by atoms with Crippen LogP contribution in [0, 0.1) is 0 Å². The first-order chi connectivity index (χ1) is 16.3. The van der Waals surface area contributed by atoms with Gasteiger partial charge in [0.2, 0.25) is 0 Å². The minimum absolute atomic E-state index is 0.0417. The molecule has 0 aliphatic heterocycles. The van der Waals surface area contributed by atoms with Crippen molar-refractivity contribution in [1.29, 1.82) is 0 Å². The molecule has 8 nitrogen and oxygen atoms in total. The van der Waals surface area contributed by atoms with Crippen molar-refractivity contribution in [3.05, 3.63) is 106 Å². The number of amides is 2. The van der Waals surface area contributed by atoms with Crippen LogP contribution < -0.4 is 16.1 Å². The summed E-state index contributed by atoms with van der Waals surface area (Å²) in [6.07, 6.45) is 4.76. The number of phenols is 1. The lowest BCUT2D eigenvalue weighted by molar-refractivity contribution is 0.102. The molecule has 0 aliphatic carbocycles. The highest BCUT2D eigenvalue weighted by Gasteiger charge is 2.18. The van der Waals surface area contributed by atoms with E-state index < -0.39 is 11.8 Å². The van der Waals surface area contributed by atoms with Crippen molar-refractivity contribution in [3.8, 4) is 16.9 Å². The Labute approximate surface area is 199 Å². The number of anilines is 2. The summed E-state index contributed by atoms with van der Waals surface area (Å²) in [7, 11) is 1.81. The number of halogens is 1. The van der Waals surface area contributed by atoms with E-state index in [1.165, 1.54) is 36.5 Å². The van der Waals surface area contributed by atoms with Crippen molar-refractivity contribution in [2.75, 3.05) is 10.6 Å². The molecule has 4 rings (SSSR count). The monoisotopic (exact) mass is 474 g/mol. The number of pyridine rings is 2. The number of carbonyl (C=O) groups is 2. The molecule has 0 spiro atoms. The summed E-state index contributed by atoms with van der Waals surface area (Å²) in [5.41, 5.74) is 1.33. The third-order valence-corrected chi connectivity index (χ3v) is 5.24. The highest BCUT2D eigenvalue weighted by Crippen LogP contribution is 2.29. The van der Waals surface area contributed by atoms with Gasteiger partial charge >= 0.3 is 0 Å². The summed E-state index contributed by atoms with van der Waals surface area (Å²) in [4.78, 5) is 41.8. The Kier molecular flexibility index (Phi) is 6.42. The van der Waals surface area contributed by atoms with E-state index in [0.29, 0.717) is 16.1 Å². The van der Waals surface area contributed by atoms with Gasteiger partial charge in [0.05, 0.1) is 16.3 Å². The summed E-state index contributed by atoms with van der Waals surface area (Å²) >= 11 is 5.81. The minimum atomic E-state index is -0.573. The van der Waals surface area contributed by atoms with Crippen LogP contribution in [0.3, 0.4) is 0 Å². The Morgan fingerprint density at radius 3 is 2.44 bits per heavy atom. The van der Waals surface area contributed by atoms with E-state index in [1.807, 2.05) is 7.05 Å². The highest BCUT2D eigenvalue weighted by molar-refractivity contribution is 6.30. The van der Waals surface area contributed by atoms with Crippen molar-refractivity contribution < 1.29 is 14.7 Å². The zero-order valence-corrected chi connectivity index (χ0v) is 18.7. The number of aromatic hydroxyl groups is 1. The van der Waals surface area contributed by atoms with Crippen molar-refractivity contribution in [2.24, 2.45) is 7.05 Å². The second kappa shape index (κ2) is 9.60. The van der Waals surface area contributed by atoms with Crippen molar-refractivity contribution >= 4 is 34.9 Å². The highest BCUT2D eigenvalue weighted by atomic mass is 35.5. The summed E-state index contributed by atoms with van der Waals surface area (Å²) < 4.78 is 1.77. The van der Waals surface area contributed by atoms with Gasteiger partial charge in [0.1, 0.15) is 11.6 Å². The maximum absolute atomic E-state index is 12.9. The molecule has 0 radical (unpaired) electrons. The number of nitrogens with zero attached hydrogens (tertiary/aromatic N) is 2. The molecular weight excluding hydrogens is 456 g/mol. The molecule has 2 aromatic heterocycles. The van der Waals surface area contributed by atoms with E-state index in [9.17, 15) is 19.5 Å². The fraction of sp³-hybridized carbons (Fsp3) is 0.0400. The van der Waals surface area contributed by atoms with Gasteiger partial charge in [-0.25, -0.2) is 4.98 Å². The number of benzene rings is 2. The van der Waals surface area contributed by atoms with Crippen LogP contribution in [0.1, 0.15) is 20.7 Å². The van der Waals surface area contributed by atoms with E-state index in [0.717, 1.165) is 0 Å². The summed E-state index contributed by atoms with van der Waals surface area (Å²) in [5, 5.41) is 15.9. The quantitative estimate of drug-likeness (QED) is 0.373. The van der Waals surface area contributed by atoms with Crippen LogP contribution in [0.4, 0.5) is 11.5 Å². The van der Waals surface area contributed by atoms with Crippen LogP contribution in [0.5, 0.6) is 5.75 Å². The van der Waals surface area contributed by atoms with Gasteiger partial charge in [0, 0.05) is 42.8 Å². The van der Waals surface area contributed by atoms with Crippen molar-refractivity contribution in [2.45, 2.75) is 0 Å². The predicted molar refractivity (Wildman–Crippen MR) is 130 cm³/mol. The third kappa shape index (κ3) is 4.97. The molecule has 2 aromatic carbocycles. The number of para-hydroxylation sites is 1. The van der Waals surface area contributed by atoms with Gasteiger partial charge in [0.25, 0.3) is 11.8 Å². The zero-order chi connectivity index (χ0) is 24.2. The second-order valence-corrected chi connectivity index (χ2v) is 7.87. The number of aromatic nitrogens is 2. The SMILES string of the molecule is Cn1ccc(=O)c(-c2ccc(C(=O)Nc3c(O)cccc3C(=O)Nc3ccc(Cl)cn3)cc2)c1. The van der Waals surface area contributed by atoms with E-state index in [1.54, 1.807) is 47.3 Å². The fourth-order valence-corrected chi connectivity index (χ4v) is 3.39. The van der Waals surface area contributed by atoms with Crippen LogP contribution >= 0.6 is 11.6 Å². The molecule has 3 N–H and O–H groups in total. The Balaban J connectivity index is 1.56. The molecule has 0 fully saturated rings. The summed E-state index contributed by atoms with van der Waals surface area (Å²) in [6, 6.07) is 15.4. The molecule has 0 saturated carbocycles. The smallest absolute Gasteiger partial charge is 0.259 e. The number of carbonyl (C=O) groups excluding carboxylic acids is 2. The van der Waals surface area contributed by atoms with E-state index in [4.69, 9.17) is 11.6 Å². The molecule has 0 aliphatic rings. The van der Waals surface area contributed by atoms with Crippen LogP contribution in [-0.4, -0.2) is 26.5 Å². The lowest BCUT2D eigenvalue weighted by atomic mass is 10.0. The van der Waals surface area contributed by atoms with Crippen LogP contribution in [-0.2, 0) is 7.05 Å². The largest absolute Gasteiger partial charge is 0.506 e. The Bertz CT molecular complexity index is 1430. The first kappa shape index (κ1) is 22.8. The molecule has 0 bridgehead atoms. The van der Waals surface area contributed by atoms with Crippen LogP contribution in [0.2, 0.25) is 5.02 Å². The first-order valence-corrected chi connectivity index (χ1v) is 10.5. The standard InChI is InChI=1S/C25H19ClN4O4/c1-30-12-11-20(31)19(14-30)15-5-7-16(8-6-15)24(33)29-23-18(3-2-4-21(23)32)25(34)28-22-10-9-17(26)13-27-22/h2-14,32H,1H3,(H,29,33)(H,27,28,34). The topological polar surface area (TPSA) is 113 Å². The number of nitrogens with one attached hydrogen (secondary N) is 2. The molecule has 0 atom stereocenters. The van der Waals surface area contributed by atoms with Gasteiger partial charge in [-0.05, 0) is 42.0 Å². The lowest BCUT2D eigenvalue weighted by Gasteiger charge is -2.13. The Morgan fingerprint density at radius 1 is 0.971 bits per heavy atom. The van der Waals surface area contributed by atoms with Gasteiger partial charge in [-0.2, -0.15) is 0 Å². The average molecular weight is 475 g/mol. The van der Waals surface area contributed by atoms with E-state index in [-0.39, 0.29) is 33.8 Å². The van der Waals surface area contributed by atoms with Crippen molar-refractivity contribution in [1.82, 2.24) is 9.55 Å². The molecule has 2 heterocycles.